The minimum atomic E-state index is -1.05. The summed E-state index contributed by atoms with van der Waals surface area (Å²) in [6, 6.07) is 12.2. The fraction of sp³-hybridized carbons (Fsp3) is 0.263. The average molecular weight is 312 g/mol. The Kier molecular flexibility index (Phi) is 5.16. The van der Waals surface area contributed by atoms with Gasteiger partial charge in [0.05, 0.1) is 11.1 Å². The summed E-state index contributed by atoms with van der Waals surface area (Å²) < 4.78 is 0. The maximum absolute atomic E-state index is 11.3. The number of carbonyl (C=O) groups is 2. The number of benzene rings is 2. The van der Waals surface area contributed by atoms with Crippen molar-refractivity contribution in [1.82, 2.24) is 0 Å². The molecule has 2 N–H and O–H groups in total. The molecule has 0 heterocycles. The third-order valence-corrected chi connectivity index (χ3v) is 3.92. The number of hydrogen-bond acceptors (Lipinski definition) is 2. The van der Waals surface area contributed by atoms with E-state index in [0.717, 1.165) is 0 Å². The van der Waals surface area contributed by atoms with Gasteiger partial charge in [0.25, 0.3) is 0 Å². The van der Waals surface area contributed by atoms with E-state index in [0.29, 0.717) is 24.3 Å². The average Bonchev–Trinajstić information content (AvgIpc) is 2.52. The predicted octanol–water partition coefficient (Wildman–Crippen LogP) is 3.99. The first kappa shape index (κ1) is 16.7. The SMILES string of the molecule is CC(C)c1ccccc1CCc1cc(C(=O)O)ccc1C(=O)O. The van der Waals surface area contributed by atoms with Gasteiger partial charge in [-0.15, -0.1) is 0 Å². The highest BCUT2D eigenvalue weighted by molar-refractivity contribution is 5.93. The Balaban J connectivity index is 2.31. The molecule has 0 aromatic heterocycles. The van der Waals surface area contributed by atoms with E-state index in [-0.39, 0.29) is 11.1 Å². The van der Waals surface area contributed by atoms with Gasteiger partial charge in [-0.3, -0.25) is 0 Å². The third kappa shape index (κ3) is 3.97. The molecule has 0 bridgehead atoms. The molecule has 0 unspecified atom stereocenters. The number of aryl methyl sites for hydroxylation is 2. The molecule has 2 rings (SSSR count). The van der Waals surface area contributed by atoms with E-state index in [9.17, 15) is 14.7 Å². The van der Waals surface area contributed by atoms with E-state index in [2.05, 4.69) is 19.9 Å². The molecule has 2 aromatic carbocycles. The number of aromatic carboxylic acids is 2. The molecule has 4 nitrogen and oxygen atoms in total. The fourth-order valence-electron chi connectivity index (χ4n) is 2.74. The summed E-state index contributed by atoms with van der Waals surface area (Å²) in [5.74, 6) is -1.70. The molecule has 0 saturated heterocycles. The van der Waals surface area contributed by atoms with Crippen LogP contribution in [0.4, 0.5) is 0 Å². The molecule has 0 saturated carbocycles. The third-order valence-electron chi connectivity index (χ3n) is 3.92. The number of rotatable bonds is 6. The first-order valence-corrected chi connectivity index (χ1v) is 7.57. The van der Waals surface area contributed by atoms with Gasteiger partial charge in [-0.25, -0.2) is 9.59 Å². The van der Waals surface area contributed by atoms with Crippen molar-refractivity contribution in [2.75, 3.05) is 0 Å². The number of hydrogen-bond donors (Lipinski definition) is 2. The van der Waals surface area contributed by atoms with Crippen LogP contribution in [0.2, 0.25) is 0 Å². The van der Waals surface area contributed by atoms with Gasteiger partial charge in [0, 0.05) is 0 Å². The van der Waals surface area contributed by atoms with Crippen molar-refractivity contribution in [2.45, 2.75) is 32.6 Å². The zero-order valence-corrected chi connectivity index (χ0v) is 13.2. The van der Waals surface area contributed by atoms with Crippen LogP contribution in [0, 0.1) is 0 Å². The lowest BCUT2D eigenvalue weighted by atomic mass is 9.92. The largest absolute Gasteiger partial charge is 0.478 e. The second-order valence-electron chi connectivity index (χ2n) is 5.84. The van der Waals surface area contributed by atoms with Crippen LogP contribution >= 0.6 is 0 Å². The van der Waals surface area contributed by atoms with Gasteiger partial charge < -0.3 is 10.2 Å². The van der Waals surface area contributed by atoms with Crippen LogP contribution in [-0.4, -0.2) is 22.2 Å². The second kappa shape index (κ2) is 7.09. The maximum Gasteiger partial charge on any atom is 0.335 e. The van der Waals surface area contributed by atoms with Gasteiger partial charge in [0.15, 0.2) is 0 Å². The van der Waals surface area contributed by atoms with Gasteiger partial charge in [-0.1, -0.05) is 38.1 Å². The van der Waals surface area contributed by atoms with E-state index < -0.39 is 11.9 Å². The van der Waals surface area contributed by atoms with Gasteiger partial charge in [0.2, 0.25) is 0 Å². The van der Waals surface area contributed by atoms with Crippen LogP contribution in [0.1, 0.15) is 57.2 Å². The van der Waals surface area contributed by atoms with Crippen LogP contribution < -0.4 is 0 Å². The molecule has 23 heavy (non-hydrogen) atoms. The molecular weight excluding hydrogens is 292 g/mol. The van der Waals surface area contributed by atoms with E-state index in [4.69, 9.17) is 5.11 Å². The summed E-state index contributed by atoms with van der Waals surface area (Å²) >= 11 is 0. The molecule has 0 fully saturated rings. The monoisotopic (exact) mass is 312 g/mol. The highest BCUT2D eigenvalue weighted by Crippen LogP contribution is 2.22. The van der Waals surface area contributed by atoms with Crippen LogP contribution in [-0.2, 0) is 12.8 Å². The fourth-order valence-corrected chi connectivity index (χ4v) is 2.74. The van der Waals surface area contributed by atoms with Gasteiger partial charge >= 0.3 is 11.9 Å². The molecule has 120 valence electrons. The Hall–Kier alpha value is -2.62. The highest BCUT2D eigenvalue weighted by atomic mass is 16.4. The Morgan fingerprint density at radius 2 is 1.57 bits per heavy atom. The van der Waals surface area contributed by atoms with Crippen molar-refractivity contribution in [2.24, 2.45) is 0 Å². The zero-order valence-electron chi connectivity index (χ0n) is 13.2. The van der Waals surface area contributed by atoms with E-state index in [1.807, 2.05) is 18.2 Å². The van der Waals surface area contributed by atoms with Crippen molar-refractivity contribution >= 4 is 11.9 Å². The smallest absolute Gasteiger partial charge is 0.335 e. The molecule has 0 radical (unpaired) electrons. The first-order valence-electron chi connectivity index (χ1n) is 7.57. The number of carboxylic acids is 2. The lowest BCUT2D eigenvalue weighted by Crippen LogP contribution is -2.07. The molecular formula is C19H20O4. The van der Waals surface area contributed by atoms with E-state index in [1.54, 1.807) is 0 Å². The second-order valence-corrected chi connectivity index (χ2v) is 5.84. The Morgan fingerprint density at radius 3 is 2.17 bits per heavy atom. The van der Waals surface area contributed by atoms with Crippen molar-refractivity contribution in [3.63, 3.8) is 0 Å². The molecule has 0 spiro atoms. The molecule has 2 aromatic rings. The normalized spacial score (nSPS) is 10.7. The van der Waals surface area contributed by atoms with Crippen molar-refractivity contribution < 1.29 is 19.8 Å². The number of carboxylic acid groups (broad SMARTS) is 2. The van der Waals surface area contributed by atoms with Crippen molar-refractivity contribution in [3.05, 3.63) is 70.3 Å². The van der Waals surface area contributed by atoms with Gasteiger partial charge in [0.1, 0.15) is 0 Å². The van der Waals surface area contributed by atoms with Crippen LogP contribution in [0.5, 0.6) is 0 Å². The minimum absolute atomic E-state index is 0.113. The van der Waals surface area contributed by atoms with Gasteiger partial charge in [-0.05, 0) is 53.6 Å². The predicted molar refractivity (Wildman–Crippen MR) is 88.3 cm³/mol. The summed E-state index contributed by atoms with van der Waals surface area (Å²) in [4.78, 5) is 22.4. The first-order chi connectivity index (χ1) is 10.9. The lowest BCUT2D eigenvalue weighted by Gasteiger charge is -2.13. The topological polar surface area (TPSA) is 74.6 Å². The lowest BCUT2D eigenvalue weighted by molar-refractivity contribution is 0.0680. The molecule has 4 heteroatoms. The summed E-state index contributed by atoms with van der Waals surface area (Å²) in [7, 11) is 0. The molecule has 0 atom stereocenters. The molecule has 0 amide bonds. The molecule has 0 aliphatic heterocycles. The molecule has 0 aliphatic carbocycles. The van der Waals surface area contributed by atoms with Gasteiger partial charge in [-0.2, -0.15) is 0 Å². The van der Waals surface area contributed by atoms with Crippen LogP contribution in [0.25, 0.3) is 0 Å². The summed E-state index contributed by atoms with van der Waals surface area (Å²) in [5.41, 5.74) is 3.23. The minimum Gasteiger partial charge on any atom is -0.478 e. The zero-order chi connectivity index (χ0) is 17.0. The van der Waals surface area contributed by atoms with E-state index >= 15 is 0 Å². The Labute approximate surface area is 135 Å². The Bertz CT molecular complexity index is 732. The summed E-state index contributed by atoms with van der Waals surface area (Å²) in [5, 5.41) is 18.4. The molecule has 0 aliphatic rings. The standard InChI is InChI=1S/C19H20O4/c1-12(2)16-6-4-3-5-13(16)7-8-14-11-15(18(20)21)9-10-17(14)19(22)23/h3-6,9-12H,7-8H2,1-2H3,(H,20,21)(H,22,23). The van der Waals surface area contributed by atoms with Crippen molar-refractivity contribution in [1.29, 1.82) is 0 Å². The van der Waals surface area contributed by atoms with Crippen LogP contribution in [0.3, 0.4) is 0 Å². The van der Waals surface area contributed by atoms with Crippen molar-refractivity contribution in [3.8, 4) is 0 Å². The van der Waals surface area contributed by atoms with Crippen LogP contribution in [0.15, 0.2) is 42.5 Å². The maximum atomic E-state index is 11.3. The Morgan fingerprint density at radius 1 is 0.913 bits per heavy atom. The summed E-state index contributed by atoms with van der Waals surface area (Å²) in [6.07, 6.45) is 1.17. The highest BCUT2D eigenvalue weighted by Gasteiger charge is 2.14. The van der Waals surface area contributed by atoms with E-state index in [1.165, 1.54) is 29.3 Å². The quantitative estimate of drug-likeness (QED) is 0.845. The summed E-state index contributed by atoms with van der Waals surface area (Å²) in [6.45, 7) is 4.24.